The van der Waals surface area contributed by atoms with Crippen LogP contribution in [-0.2, 0) is 4.74 Å². The lowest BCUT2D eigenvalue weighted by molar-refractivity contribution is 0.0258. The summed E-state index contributed by atoms with van der Waals surface area (Å²) in [6.07, 6.45) is 4.55. The lowest BCUT2D eigenvalue weighted by Crippen LogP contribution is -2.39. The molecule has 0 aliphatic carbocycles. The molecule has 1 aliphatic rings. The molecule has 1 atom stereocenters. The van der Waals surface area contributed by atoms with Crippen molar-refractivity contribution in [3.8, 4) is 0 Å². The van der Waals surface area contributed by atoms with E-state index in [1.165, 1.54) is 32.4 Å². The Balaban J connectivity index is 2.23. The van der Waals surface area contributed by atoms with Gasteiger partial charge in [-0.2, -0.15) is 0 Å². The maximum Gasteiger partial charge on any atom is 0.410 e. The fraction of sp³-hybridized carbons (Fsp3) is 0.944. The van der Waals surface area contributed by atoms with Gasteiger partial charge in [-0.1, -0.05) is 6.92 Å². The molecule has 5 nitrogen and oxygen atoms in total. The summed E-state index contributed by atoms with van der Waals surface area (Å²) in [5, 5.41) is 3.67. The van der Waals surface area contributed by atoms with Gasteiger partial charge in [0.25, 0.3) is 0 Å². The zero-order valence-electron chi connectivity index (χ0n) is 15.9. The number of hydrogen-bond acceptors (Lipinski definition) is 4. The Bertz CT molecular complexity index is 342. The number of nitrogens with zero attached hydrogens (tertiary/aromatic N) is 2. The molecule has 0 aromatic heterocycles. The molecule has 1 fully saturated rings. The highest BCUT2D eigenvalue weighted by molar-refractivity contribution is 5.68. The summed E-state index contributed by atoms with van der Waals surface area (Å²) in [5.74, 6) is 0. The summed E-state index contributed by atoms with van der Waals surface area (Å²) in [6.45, 7) is 16.0. The van der Waals surface area contributed by atoms with Gasteiger partial charge in [0.15, 0.2) is 0 Å². The summed E-state index contributed by atoms with van der Waals surface area (Å²) in [7, 11) is 0. The van der Waals surface area contributed by atoms with Crippen molar-refractivity contribution in [1.29, 1.82) is 0 Å². The predicted molar refractivity (Wildman–Crippen MR) is 95.9 cm³/mol. The summed E-state index contributed by atoms with van der Waals surface area (Å²) < 4.78 is 5.44. The van der Waals surface area contributed by atoms with Crippen molar-refractivity contribution in [3.05, 3.63) is 0 Å². The molecule has 0 aromatic carbocycles. The molecule has 1 unspecified atom stereocenters. The van der Waals surface area contributed by atoms with E-state index in [4.69, 9.17) is 4.74 Å². The standard InChI is InChI=1S/C18H37N3O2/c1-6-20-13-8-10-16(11-15-20)19-12-9-14-21(7-2)17(22)23-18(3,4)5/h16,19H,6-15H2,1-5H3. The normalized spacial score (nSPS) is 20.1. The van der Waals surface area contributed by atoms with Crippen LogP contribution in [0.3, 0.4) is 0 Å². The van der Waals surface area contributed by atoms with Crippen molar-refractivity contribution < 1.29 is 9.53 Å². The minimum Gasteiger partial charge on any atom is -0.444 e. The van der Waals surface area contributed by atoms with Gasteiger partial charge >= 0.3 is 6.09 Å². The average molecular weight is 328 g/mol. The molecule has 0 spiro atoms. The van der Waals surface area contributed by atoms with Crippen LogP contribution in [0, 0.1) is 0 Å². The van der Waals surface area contributed by atoms with Crippen molar-refractivity contribution in [2.24, 2.45) is 0 Å². The molecule has 5 heteroatoms. The van der Waals surface area contributed by atoms with E-state index in [2.05, 4.69) is 17.1 Å². The fourth-order valence-electron chi connectivity index (χ4n) is 2.96. The first-order valence-electron chi connectivity index (χ1n) is 9.29. The number of nitrogens with one attached hydrogen (secondary N) is 1. The molecule has 1 amide bonds. The molecule has 1 N–H and O–H groups in total. The minimum absolute atomic E-state index is 0.201. The molecule has 0 bridgehead atoms. The number of amides is 1. The van der Waals surface area contributed by atoms with Crippen molar-refractivity contribution in [1.82, 2.24) is 15.1 Å². The Kier molecular flexibility index (Phi) is 8.92. The highest BCUT2D eigenvalue weighted by atomic mass is 16.6. The van der Waals surface area contributed by atoms with E-state index in [-0.39, 0.29) is 6.09 Å². The summed E-state index contributed by atoms with van der Waals surface area (Å²) in [6, 6.07) is 0.628. The molecule has 136 valence electrons. The van der Waals surface area contributed by atoms with E-state index in [0.717, 1.165) is 26.1 Å². The van der Waals surface area contributed by atoms with Gasteiger partial charge in [-0.25, -0.2) is 4.79 Å². The molecular weight excluding hydrogens is 290 g/mol. The smallest absolute Gasteiger partial charge is 0.410 e. The van der Waals surface area contributed by atoms with E-state index >= 15 is 0 Å². The first kappa shape index (κ1) is 20.2. The largest absolute Gasteiger partial charge is 0.444 e. The van der Waals surface area contributed by atoms with Crippen LogP contribution in [0.25, 0.3) is 0 Å². The third-order valence-corrected chi connectivity index (χ3v) is 4.34. The van der Waals surface area contributed by atoms with Gasteiger partial charge < -0.3 is 19.9 Å². The van der Waals surface area contributed by atoms with Crippen LogP contribution in [0.1, 0.15) is 60.3 Å². The van der Waals surface area contributed by atoms with Crippen LogP contribution in [0.5, 0.6) is 0 Å². The van der Waals surface area contributed by atoms with Crippen molar-refractivity contribution >= 4 is 6.09 Å². The van der Waals surface area contributed by atoms with Gasteiger partial charge in [0, 0.05) is 19.1 Å². The molecule has 0 radical (unpaired) electrons. The fourth-order valence-corrected chi connectivity index (χ4v) is 2.96. The Morgan fingerprint density at radius 3 is 2.61 bits per heavy atom. The molecule has 1 heterocycles. The second-order valence-electron chi connectivity index (χ2n) is 7.43. The quantitative estimate of drug-likeness (QED) is 0.730. The topological polar surface area (TPSA) is 44.8 Å². The Labute approximate surface area is 142 Å². The van der Waals surface area contributed by atoms with Gasteiger partial charge in [0.2, 0.25) is 0 Å². The SMILES string of the molecule is CCN1CCCC(NCCCN(CC)C(=O)OC(C)(C)C)CC1. The lowest BCUT2D eigenvalue weighted by Gasteiger charge is -2.26. The minimum atomic E-state index is -0.422. The van der Waals surface area contributed by atoms with Crippen LogP contribution < -0.4 is 5.32 Å². The molecule has 0 aromatic rings. The van der Waals surface area contributed by atoms with Gasteiger partial charge in [0.05, 0.1) is 0 Å². The number of rotatable bonds is 7. The Hall–Kier alpha value is -0.810. The first-order valence-corrected chi connectivity index (χ1v) is 9.29. The highest BCUT2D eigenvalue weighted by Crippen LogP contribution is 2.12. The number of likely N-dealkylation sites (tertiary alicyclic amines) is 1. The van der Waals surface area contributed by atoms with Crippen LogP contribution in [0.15, 0.2) is 0 Å². The monoisotopic (exact) mass is 327 g/mol. The number of ether oxygens (including phenoxy) is 1. The second-order valence-corrected chi connectivity index (χ2v) is 7.43. The van der Waals surface area contributed by atoms with Crippen LogP contribution in [0.4, 0.5) is 4.79 Å². The Morgan fingerprint density at radius 1 is 1.26 bits per heavy atom. The Morgan fingerprint density at radius 2 is 2.00 bits per heavy atom. The lowest BCUT2D eigenvalue weighted by atomic mass is 10.1. The number of carbonyl (C=O) groups excluding carboxylic acids is 1. The van der Waals surface area contributed by atoms with E-state index in [1.54, 1.807) is 4.90 Å². The molecular formula is C18H37N3O2. The van der Waals surface area contributed by atoms with Gasteiger partial charge in [0.1, 0.15) is 5.60 Å². The predicted octanol–water partition coefficient (Wildman–Crippen LogP) is 3.10. The second kappa shape index (κ2) is 10.1. The maximum atomic E-state index is 12.1. The van der Waals surface area contributed by atoms with Gasteiger partial charge in [-0.15, -0.1) is 0 Å². The summed E-state index contributed by atoms with van der Waals surface area (Å²) in [5.41, 5.74) is -0.422. The third-order valence-electron chi connectivity index (χ3n) is 4.34. The zero-order chi connectivity index (χ0) is 17.3. The number of hydrogen-bond donors (Lipinski definition) is 1. The number of carbonyl (C=O) groups is 1. The van der Waals surface area contributed by atoms with Crippen LogP contribution >= 0.6 is 0 Å². The van der Waals surface area contributed by atoms with Crippen LogP contribution in [-0.4, -0.2) is 66.8 Å². The van der Waals surface area contributed by atoms with E-state index in [1.807, 2.05) is 27.7 Å². The highest BCUT2D eigenvalue weighted by Gasteiger charge is 2.21. The maximum absolute atomic E-state index is 12.1. The van der Waals surface area contributed by atoms with Crippen molar-refractivity contribution in [2.75, 3.05) is 39.3 Å². The molecule has 1 aliphatic heterocycles. The van der Waals surface area contributed by atoms with E-state index < -0.39 is 5.60 Å². The van der Waals surface area contributed by atoms with Crippen LogP contribution in [0.2, 0.25) is 0 Å². The molecule has 0 saturated carbocycles. The third kappa shape index (κ3) is 8.56. The molecule has 1 rings (SSSR count). The molecule has 1 saturated heterocycles. The zero-order valence-corrected chi connectivity index (χ0v) is 15.9. The van der Waals surface area contributed by atoms with E-state index in [0.29, 0.717) is 12.6 Å². The van der Waals surface area contributed by atoms with Gasteiger partial charge in [-0.3, -0.25) is 0 Å². The first-order chi connectivity index (χ1) is 10.9. The average Bonchev–Trinajstić information content (AvgIpc) is 2.70. The summed E-state index contributed by atoms with van der Waals surface area (Å²) >= 11 is 0. The van der Waals surface area contributed by atoms with Crippen molar-refractivity contribution in [3.63, 3.8) is 0 Å². The van der Waals surface area contributed by atoms with Gasteiger partial charge in [-0.05, 0) is 79.6 Å². The summed E-state index contributed by atoms with van der Waals surface area (Å²) in [4.78, 5) is 16.4. The van der Waals surface area contributed by atoms with E-state index in [9.17, 15) is 4.79 Å². The van der Waals surface area contributed by atoms with Crippen molar-refractivity contribution in [2.45, 2.75) is 71.9 Å². The molecule has 23 heavy (non-hydrogen) atoms.